The third kappa shape index (κ3) is 3.06. The van der Waals surface area contributed by atoms with E-state index in [4.69, 9.17) is 4.42 Å². The Kier molecular flexibility index (Phi) is 4.16. The van der Waals surface area contributed by atoms with E-state index in [0.717, 1.165) is 34.8 Å². The molecule has 0 saturated heterocycles. The van der Waals surface area contributed by atoms with Gasteiger partial charge in [0.2, 0.25) is 0 Å². The van der Waals surface area contributed by atoms with E-state index in [1.54, 1.807) is 12.1 Å². The molecule has 0 saturated carbocycles. The van der Waals surface area contributed by atoms with Crippen LogP contribution in [-0.2, 0) is 0 Å². The third-order valence-electron chi connectivity index (χ3n) is 3.68. The van der Waals surface area contributed by atoms with Crippen LogP contribution in [0.4, 0.5) is 14.5 Å². The maximum atomic E-state index is 13.6. The monoisotopic (exact) mass is 327 g/mol. The molecule has 0 fully saturated rings. The molecule has 0 radical (unpaired) electrons. The van der Waals surface area contributed by atoms with Crippen molar-refractivity contribution in [2.75, 3.05) is 5.32 Å². The van der Waals surface area contributed by atoms with Crippen molar-refractivity contribution < 1.29 is 18.0 Å². The fraction of sp³-hybridized carbons (Fsp3) is 0.105. The number of benzene rings is 2. The second kappa shape index (κ2) is 6.28. The number of hydrogen-bond acceptors (Lipinski definition) is 2. The van der Waals surface area contributed by atoms with Gasteiger partial charge in [0, 0.05) is 11.3 Å². The first kappa shape index (κ1) is 15.9. The molecule has 5 heteroatoms. The van der Waals surface area contributed by atoms with Crippen LogP contribution in [0, 0.1) is 25.5 Å². The number of aryl methyl sites for hydroxylation is 2. The van der Waals surface area contributed by atoms with Crippen molar-refractivity contribution in [2.45, 2.75) is 13.8 Å². The van der Waals surface area contributed by atoms with E-state index in [9.17, 15) is 13.6 Å². The summed E-state index contributed by atoms with van der Waals surface area (Å²) in [4.78, 5) is 12.1. The van der Waals surface area contributed by atoms with E-state index in [0.29, 0.717) is 5.69 Å². The molecule has 3 rings (SSSR count). The Morgan fingerprint density at radius 3 is 2.17 bits per heavy atom. The second-order valence-electron chi connectivity index (χ2n) is 5.46. The Balaban J connectivity index is 1.82. The van der Waals surface area contributed by atoms with Gasteiger partial charge in [-0.1, -0.05) is 18.2 Å². The second-order valence-corrected chi connectivity index (χ2v) is 5.46. The van der Waals surface area contributed by atoms with E-state index in [2.05, 4.69) is 5.32 Å². The van der Waals surface area contributed by atoms with Gasteiger partial charge in [-0.3, -0.25) is 4.79 Å². The first-order valence-electron chi connectivity index (χ1n) is 7.38. The summed E-state index contributed by atoms with van der Waals surface area (Å²) >= 11 is 0. The van der Waals surface area contributed by atoms with Gasteiger partial charge < -0.3 is 9.73 Å². The number of amides is 1. The summed E-state index contributed by atoms with van der Waals surface area (Å²) < 4.78 is 32.7. The number of anilines is 1. The number of halogens is 2. The van der Waals surface area contributed by atoms with Gasteiger partial charge in [-0.25, -0.2) is 8.78 Å². The van der Waals surface area contributed by atoms with E-state index < -0.39 is 23.1 Å². The summed E-state index contributed by atoms with van der Waals surface area (Å²) in [5.41, 5.74) is 1.75. The minimum Gasteiger partial charge on any atom is -0.466 e. The highest BCUT2D eigenvalue weighted by Gasteiger charge is 2.17. The number of nitrogens with one attached hydrogen (secondary N) is 1. The maximum Gasteiger partial charge on any atom is 0.261 e. The number of furan rings is 1. The van der Waals surface area contributed by atoms with Crippen molar-refractivity contribution in [1.29, 1.82) is 0 Å². The number of hydrogen-bond donors (Lipinski definition) is 1. The highest BCUT2D eigenvalue weighted by molar-refractivity contribution is 6.04. The largest absolute Gasteiger partial charge is 0.466 e. The first-order valence-corrected chi connectivity index (χ1v) is 7.38. The number of carbonyl (C=O) groups is 1. The van der Waals surface area contributed by atoms with E-state index in [1.165, 1.54) is 6.07 Å². The zero-order chi connectivity index (χ0) is 17.3. The van der Waals surface area contributed by atoms with Crippen LogP contribution < -0.4 is 5.32 Å². The molecule has 0 bridgehead atoms. The Hall–Kier alpha value is -2.95. The lowest BCUT2D eigenvalue weighted by atomic mass is 10.1. The van der Waals surface area contributed by atoms with Gasteiger partial charge in [0.1, 0.15) is 28.7 Å². The fourth-order valence-electron chi connectivity index (χ4n) is 2.56. The van der Waals surface area contributed by atoms with Crippen LogP contribution in [0.1, 0.15) is 21.9 Å². The molecule has 0 unspecified atom stereocenters. The summed E-state index contributed by atoms with van der Waals surface area (Å²) in [7, 11) is 0. The van der Waals surface area contributed by atoms with Crippen LogP contribution >= 0.6 is 0 Å². The van der Waals surface area contributed by atoms with Gasteiger partial charge in [0.25, 0.3) is 5.91 Å². The van der Waals surface area contributed by atoms with Crippen LogP contribution in [0.15, 0.2) is 52.9 Å². The molecule has 3 nitrogen and oxygen atoms in total. The van der Waals surface area contributed by atoms with Gasteiger partial charge in [-0.15, -0.1) is 0 Å². The zero-order valence-electron chi connectivity index (χ0n) is 13.2. The quantitative estimate of drug-likeness (QED) is 0.728. The zero-order valence-corrected chi connectivity index (χ0v) is 13.2. The number of rotatable bonds is 3. The highest BCUT2D eigenvalue weighted by atomic mass is 19.1. The predicted molar refractivity (Wildman–Crippen MR) is 87.9 cm³/mol. The Bertz CT molecular complexity index is 878. The minimum absolute atomic E-state index is 0.448. The van der Waals surface area contributed by atoms with Gasteiger partial charge in [0.15, 0.2) is 0 Å². The fourth-order valence-corrected chi connectivity index (χ4v) is 2.56. The van der Waals surface area contributed by atoms with Crippen molar-refractivity contribution in [2.24, 2.45) is 0 Å². The summed E-state index contributed by atoms with van der Waals surface area (Å²) in [5, 5.41) is 2.50. The molecule has 3 aromatic rings. The van der Waals surface area contributed by atoms with Gasteiger partial charge in [-0.2, -0.15) is 0 Å². The lowest BCUT2D eigenvalue weighted by Gasteiger charge is -2.08. The number of carbonyl (C=O) groups excluding carboxylic acids is 1. The smallest absolute Gasteiger partial charge is 0.261 e. The maximum absolute atomic E-state index is 13.6. The molecule has 0 spiro atoms. The topological polar surface area (TPSA) is 42.2 Å². The summed E-state index contributed by atoms with van der Waals surface area (Å²) in [5.74, 6) is -0.997. The van der Waals surface area contributed by atoms with Crippen molar-refractivity contribution in [1.82, 2.24) is 0 Å². The molecular formula is C19H15F2NO2. The molecular weight excluding hydrogens is 312 g/mol. The summed E-state index contributed by atoms with van der Waals surface area (Å²) in [6.45, 7) is 3.74. The van der Waals surface area contributed by atoms with Crippen LogP contribution in [-0.4, -0.2) is 5.91 Å². The van der Waals surface area contributed by atoms with Crippen molar-refractivity contribution in [3.63, 3.8) is 0 Å². The lowest BCUT2D eigenvalue weighted by Crippen LogP contribution is -2.15. The average Bonchev–Trinajstić information content (AvgIpc) is 2.86. The van der Waals surface area contributed by atoms with E-state index in [-0.39, 0.29) is 0 Å². The predicted octanol–water partition coefficient (Wildman–Crippen LogP) is 5.09. The lowest BCUT2D eigenvalue weighted by molar-refractivity contribution is 0.101. The standard InChI is InChI=1S/C19H15F2NO2/c1-11-10-15(12(2)24-11)13-6-8-14(9-7-13)22-19(23)18-16(20)4-3-5-17(18)21/h3-10H,1-2H3,(H,22,23). The first-order chi connectivity index (χ1) is 11.5. The molecule has 0 aliphatic rings. The minimum atomic E-state index is -0.895. The third-order valence-corrected chi connectivity index (χ3v) is 3.68. The van der Waals surface area contributed by atoms with E-state index in [1.807, 2.05) is 32.0 Å². The van der Waals surface area contributed by atoms with Crippen molar-refractivity contribution in [3.05, 3.63) is 77.2 Å². The van der Waals surface area contributed by atoms with Crippen molar-refractivity contribution >= 4 is 11.6 Å². The van der Waals surface area contributed by atoms with Crippen molar-refractivity contribution in [3.8, 4) is 11.1 Å². The molecule has 1 aromatic heterocycles. The molecule has 0 aliphatic carbocycles. The summed E-state index contributed by atoms with van der Waals surface area (Å²) in [6.07, 6.45) is 0. The molecule has 0 atom stereocenters. The molecule has 1 N–H and O–H groups in total. The molecule has 24 heavy (non-hydrogen) atoms. The molecule has 122 valence electrons. The van der Waals surface area contributed by atoms with Crippen LogP contribution in [0.25, 0.3) is 11.1 Å². The van der Waals surface area contributed by atoms with Crippen LogP contribution in [0.3, 0.4) is 0 Å². The SMILES string of the molecule is Cc1cc(-c2ccc(NC(=O)c3c(F)cccc3F)cc2)c(C)o1. The van der Waals surface area contributed by atoms with E-state index >= 15 is 0 Å². The molecule has 2 aromatic carbocycles. The van der Waals surface area contributed by atoms with Gasteiger partial charge >= 0.3 is 0 Å². The normalized spacial score (nSPS) is 10.7. The van der Waals surface area contributed by atoms with Gasteiger partial charge in [-0.05, 0) is 49.7 Å². The van der Waals surface area contributed by atoms with Crippen LogP contribution in [0.2, 0.25) is 0 Å². The molecule has 0 aliphatic heterocycles. The average molecular weight is 327 g/mol. The Morgan fingerprint density at radius 2 is 1.62 bits per heavy atom. The highest BCUT2D eigenvalue weighted by Crippen LogP contribution is 2.27. The summed E-state index contributed by atoms with van der Waals surface area (Å²) in [6, 6.07) is 12.2. The van der Waals surface area contributed by atoms with Crippen LogP contribution in [0.5, 0.6) is 0 Å². The van der Waals surface area contributed by atoms with Gasteiger partial charge in [0.05, 0.1) is 0 Å². The Morgan fingerprint density at radius 1 is 1.00 bits per heavy atom. The Labute approximate surface area is 137 Å². The molecule has 1 heterocycles. The molecule has 1 amide bonds.